The molecule has 0 N–H and O–H groups in total. The van der Waals surface area contributed by atoms with Crippen LogP contribution in [0.25, 0.3) is 44.3 Å². The van der Waals surface area contributed by atoms with E-state index in [0.717, 1.165) is 99.3 Å². The highest BCUT2D eigenvalue weighted by molar-refractivity contribution is 6.07. The molecule has 0 bridgehead atoms. The van der Waals surface area contributed by atoms with Gasteiger partial charge in [0.15, 0.2) is 0 Å². The molecule has 2 aromatic heterocycles. The van der Waals surface area contributed by atoms with Crippen molar-refractivity contribution in [3.8, 4) is 22.5 Å². The predicted octanol–water partition coefficient (Wildman–Crippen LogP) is 12.1. The smallest absolute Gasteiger partial charge is 0.368 e. The Morgan fingerprint density at radius 2 is 1.01 bits per heavy atom. The first-order chi connectivity index (χ1) is 37.0. The molecule has 6 aromatic rings. The summed E-state index contributed by atoms with van der Waals surface area (Å²) in [6.07, 6.45) is 20.0. The van der Waals surface area contributed by atoms with Crippen LogP contribution in [0.15, 0.2) is 72.8 Å². The summed E-state index contributed by atoms with van der Waals surface area (Å²) in [7, 11) is 0. The quantitative estimate of drug-likeness (QED) is 0.155. The van der Waals surface area contributed by atoms with E-state index in [4.69, 9.17) is 19.2 Å². The van der Waals surface area contributed by atoms with Gasteiger partial charge in [-0.1, -0.05) is 69.2 Å². The van der Waals surface area contributed by atoms with Gasteiger partial charge in [-0.15, -0.1) is 0 Å². The van der Waals surface area contributed by atoms with Gasteiger partial charge in [-0.3, -0.25) is 9.59 Å². The first kappa shape index (κ1) is 54.1. The number of carbonyl (C=O) groups excluding carboxylic acids is 6. The van der Waals surface area contributed by atoms with Crippen LogP contribution in [0.4, 0.5) is 20.2 Å². The van der Waals surface area contributed by atoms with Gasteiger partial charge in [0.2, 0.25) is 11.8 Å². The van der Waals surface area contributed by atoms with Gasteiger partial charge in [0.25, 0.3) is 0 Å². The zero-order chi connectivity index (χ0) is 53.3. The molecule has 4 fully saturated rings. The van der Waals surface area contributed by atoms with Crippen LogP contribution in [-0.2, 0) is 41.9 Å². The van der Waals surface area contributed by atoms with Crippen molar-refractivity contribution in [2.45, 2.75) is 142 Å². The van der Waals surface area contributed by atoms with Crippen LogP contribution in [0.3, 0.4) is 0 Å². The summed E-state index contributed by atoms with van der Waals surface area (Å²) in [5, 5.41) is 2.56. The predicted molar refractivity (Wildman–Crippen MR) is 291 cm³/mol. The number of fused-ring (bicyclic) bond motifs is 10. The molecule has 0 radical (unpaired) electrons. The summed E-state index contributed by atoms with van der Waals surface area (Å²) in [5.74, 6) is 0.352. The molecule has 76 heavy (non-hydrogen) atoms. The van der Waals surface area contributed by atoms with Crippen LogP contribution in [0, 0.1) is 25.5 Å². The molecule has 4 aromatic carbocycles. The molecule has 0 atom stereocenters. The van der Waals surface area contributed by atoms with Crippen LogP contribution < -0.4 is 9.80 Å². The third-order valence-electron chi connectivity index (χ3n) is 16.9. The van der Waals surface area contributed by atoms with Crippen LogP contribution in [0.5, 0.6) is 0 Å². The number of hydrogen-bond acceptors (Lipinski definition) is 8. The Balaban J connectivity index is 0.000000169. The average molecular weight is 1040 g/mol. The number of halogens is 2. The van der Waals surface area contributed by atoms with Gasteiger partial charge in [0, 0.05) is 77.9 Å². The Bertz CT molecular complexity index is 3100. The fourth-order valence-corrected chi connectivity index (χ4v) is 13.4. The summed E-state index contributed by atoms with van der Waals surface area (Å²) in [6, 6.07) is 23.6. The molecule has 12 nitrogen and oxygen atoms in total. The van der Waals surface area contributed by atoms with E-state index in [9.17, 15) is 18.4 Å². The molecule has 4 aliphatic heterocycles. The summed E-state index contributed by atoms with van der Waals surface area (Å²) in [6.45, 7) is 12.4. The van der Waals surface area contributed by atoms with E-state index in [2.05, 4.69) is 69.2 Å². The van der Waals surface area contributed by atoms with Gasteiger partial charge in [-0.2, -0.15) is 19.2 Å². The monoisotopic (exact) mass is 1030 g/mol. The molecule has 2 amide bonds. The summed E-state index contributed by atoms with van der Waals surface area (Å²) in [4.78, 5) is 68.2. The Morgan fingerprint density at radius 1 is 0.539 bits per heavy atom. The van der Waals surface area contributed by atoms with Crippen molar-refractivity contribution in [1.29, 1.82) is 0 Å². The number of amides is 2. The number of carbonyl (C=O) groups is 2. The molecule has 0 spiro atoms. The van der Waals surface area contributed by atoms with E-state index in [0.29, 0.717) is 17.5 Å². The topological polar surface area (TPSA) is 125 Å². The third-order valence-corrected chi connectivity index (χ3v) is 16.9. The van der Waals surface area contributed by atoms with Crippen molar-refractivity contribution in [3.05, 3.63) is 107 Å². The van der Waals surface area contributed by atoms with Gasteiger partial charge in [-0.25, -0.2) is 8.78 Å². The lowest BCUT2D eigenvalue weighted by molar-refractivity contribution is -0.193. The summed E-state index contributed by atoms with van der Waals surface area (Å²) >= 11 is 0. The second-order valence-electron chi connectivity index (χ2n) is 21.8. The van der Waals surface area contributed by atoms with E-state index in [1.807, 2.05) is 17.0 Å². The van der Waals surface area contributed by atoms with Crippen LogP contribution in [-0.4, -0.2) is 95.4 Å². The fraction of sp³-hybridized carbons (Fsp3) is 0.484. The minimum absolute atomic E-state index is 0.00196. The summed E-state index contributed by atoms with van der Waals surface area (Å²) in [5.41, 5.74) is 13.5. The molecular formula is C62H72F2N6O6. The Kier molecular flexibility index (Phi) is 17.8. The van der Waals surface area contributed by atoms with Crippen molar-refractivity contribution >= 4 is 57.3 Å². The number of aromatic nitrogens is 2. The van der Waals surface area contributed by atoms with E-state index in [1.165, 1.54) is 134 Å². The molecule has 2 aliphatic carbocycles. The molecule has 6 aliphatic rings. The second kappa shape index (κ2) is 25.0. The largest absolute Gasteiger partial charge is 0.373 e. The Labute approximate surface area is 445 Å². The van der Waals surface area contributed by atoms with Gasteiger partial charge in [-0.05, 0) is 167 Å². The average Bonchev–Trinajstić information content (AvgIpc) is 3.83. The minimum atomic E-state index is -0.326. The van der Waals surface area contributed by atoms with Crippen LogP contribution in [0.2, 0.25) is 0 Å². The lowest BCUT2D eigenvalue weighted by atomic mass is 9.81. The number of aryl methyl sites for hydroxylation is 2. The van der Waals surface area contributed by atoms with E-state index in [-0.39, 0.29) is 48.8 Å². The maximum Gasteiger partial charge on any atom is 0.373 e. The first-order valence-electron chi connectivity index (χ1n) is 27.9. The number of hydrogen-bond donors (Lipinski definition) is 0. The highest BCUT2D eigenvalue weighted by atomic mass is 19.1. The number of rotatable bonds is 7. The molecule has 2 saturated carbocycles. The third kappa shape index (κ3) is 11.7. The van der Waals surface area contributed by atoms with Crippen molar-refractivity contribution in [2.75, 3.05) is 62.2 Å². The van der Waals surface area contributed by atoms with Gasteiger partial charge in [0.05, 0.1) is 17.1 Å². The molecule has 2 saturated heterocycles. The molecule has 6 heterocycles. The second-order valence-corrected chi connectivity index (χ2v) is 21.8. The zero-order valence-electron chi connectivity index (χ0n) is 44.4. The van der Waals surface area contributed by atoms with Gasteiger partial charge >= 0.3 is 12.3 Å². The zero-order valence-corrected chi connectivity index (χ0v) is 44.4. The standard InChI is InChI=1S/C30H34FN3O2.C30H38FN3.2CO2/c1-20-10-12-23-26(16-20)34-19-28(36)33(18-27(35)32-14-6-3-7-15-32)25-13-11-22(31)17-24(25)30(34)29(23)21-8-4-2-5-9-21;1-22-10-12-25-28(20-22)34-19-18-33(17-16-32-14-6-3-7-15-32)27-13-11-24(31)21-26(27)30(34)29(25)23-8-4-2-5-9-23;2*2-1-3/h10-13,16-17,21H,2-9,14-15,18-19H2,1H3;10-13,20-21,23H,2-9,14-19H2,1H3;;. The molecule has 14 heteroatoms. The highest BCUT2D eigenvalue weighted by Crippen LogP contribution is 2.50. The van der Waals surface area contributed by atoms with Crippen molar-refractivity contribution < 1.29 is 37.5 Å². The molecule has 0 unspecified atom stereocenters. The number of anilines is 2. The van der Waals surface area contributed by atoms with E-state index < -0.39 is 0 Å². The molecule has 400 valence electrons. The SMILES string of the molecule is Cc1ccc2c(C3CCCCC3)c3n(c2c1)CC(=O)N(CC(=O)N1CCCCC1)c1ccc(F)cc1-3.Cc1ccc2c(C3CCCCC3)c3n(c2c1)CCN(CCN1CCCCC1)c1ccc(F)cc1-3.O=C=O.O=C=O. The van der Waals surface area contributed by atoms with Gasteiger partial charge < -0.3 is 28.7 Å². The van der Waals surface area contributed by atoms with Crippen LogP contribution in [0.1, 0.15) is 137 Å². The van der Waals surface area contributed by atoms with Crippen molar-refractivity contribution in [1.82, 2.24) is 18.9 Å². The van der Waals surface area contributed by atoms with E-state index in [1.54, 1.807) is 23.1 Å². The van der Waals surface area contributed by atoms with E-state index >= 15 is 0 Å². The maximum absolute atomic E-state index is 14.8. The maximum atomic E-state index is 14.8. The van der Waals surface area contributed by atoms with Crippen molar-refractivity contribution in [3.63, 3.8) is 0 Å². The minimum Gasteiger partial charge on any atom is -0.368 e. The first-order valence-corrected chi connectivity index (χ1v) is 27.9. The number of piperidine rings is 2. The highest BCUT2D eigenvalue weighted by Gasteiger charge is 2.36. The Hall–Kier alpha value is -6.72. The summed E-state index contributed by atoms with van der Waals surface area (Å²) < 4.78 is 34.2. The molecule has 12 rings (SSSR count). The number of benzene rings is 4. The van der Waals surface area contributed by atoms with Crippen molar-refractivity contribution in [2.24, 2.45) is 0 Å². The Morgan fingerprint density at radius 3 is 1.57 bits per heavy atom. The lowest BCUT2D eigenvalue weighted by Gasteiger charge is -2.31. The van der Waals surface area contributed by atoms with Gasteiger partial charge in [0.1, 0.15) is 24.7 Å². The molecular weight excluding hydrogens is 963 g/mol. The fourth-order valence-electron chi connectivity index (χ4n) is 13.4. The normalized spacial score (nSPS) is 17.9. The lowest BCUT2D eigenvalue weighted by Crippen LogP contribution is -2.45. The number of nitrogens with zero attached hydrogens (tertiary/aromatic N) is 6. The van der Waals surface area contributed by atoms with Crippen LogP contribution >= 0.6 is 0 Å². The number of likely N-dealkylation sites (tertiary alicyclic amines) is 2.